The van der Waals surface area contributed by atoms with Crippen LogP contribution in [-0.2, 0) is 14.9 Å². The van der Waals surface area contributed by atoms with Gasteiger partial charge < -0.3 is 0 Å². The second-order valence-electron chi connectivity index (χ2n) is 8.28. The van der Waals surface area contributed by atoms with Gasteiger partial charge in [0.25, 0.3) is 5.69 Å². The Bertz CT molecular complexity index is 928. The minimum absolute atomic E-state index is 0.00763. The first-order valence-electron chi connectivity index (χ1n) is 8.75. The molecule has 3 aliphatic rings. The molecule has 0 N–H and O–H groups in total. The summed E-state index contributed by atoms with van der Waals surface area (Å²) in [4.78, 5) is 16.1. The molecule has 1 saturated heterocycles. The van der Waals surface area contributed by atoms with Gasteiger partial charge >= 0.3 is 0 Å². The van der Waals surface area contributed by atoms with Crippen molar-refractivity contribution in [3.05, 3.63) is 38.9 Å². The minimum atomic E-state index is -3.70. The number of hydrogen-bond acceptors (Lipinski definition) is 5. The molecule has 1 aromatic rings. The quantitative estimate of drug-likeness (QED) is 0.270. The van der Waals surface area contributed by atoms with Crippen LogP contribution >= 0.6 is 27.5 Å². The fraction of sp³-hybridized carbons (Fsp3) is 0.647. The number of nitro groups is 1. The monoisotopic (exact) mass is 478 g/mol. The molecule has 1 aliphatic heterocycles. The molecule has 3 fully saturated rings. The number of halogens is 2. The molecule has 4 rings (SSSR count). The predicted molar refractivity (Wildman–Crippen MR) is 104 cm³/mol. The van der Waals surface area contributed by atoms with E-state index in [1.807, 2.05) is 0 Å². The smallest absolute Gasteiger partial charge is 0.258 e. The minimum Gasteiger partial charge on any atom is -0.258 e. The van der Waals surface area contributed by atoms with E-state index in [-0.39, 0.29) is 27.3 Å². The Morgan fingerprint density at radius 3 is 2.70 bits per heavy atom. The van der Waals surface area contributed by atoms with Crippen molar-refractivity contribution in [2.75, 3.05) is 5.75 Å². The van der Waals surface area contributed by atoms with Crippen LogP contribution in [0.4, 0.5) is 5.69 Å². The Hall–Kier alpha value is -0.740. The van der Waals surface area contributed by atoms with Crippen molar-refractivity contribution >= 4 is 43.2 Å². The van der Waals surface area contributed by atoms with Crippen molar-refractivity contribution in [3.8, 4) is 0 Å². The van der Waals surface area contributed by atoms with Gasteiger partial charge in [-0.1, -0.05) is 41.4 Å². The number of fused-ring (bicyclic) bond motifs is 2. The summed E-state index contributed by atoms with van der Waals surface area (Å²) in [7, 11) is -3.70. The van der Waals surface area contributed by atoms with Gasteiger partial charge in [0, 0.05) is 27.5 Å². The standard InChI is InChI=1S/C17H20BrClN2O5S/c1-16-6-5-12(13(18)8-16)17(16,2)9-27(24,25)21-15(26-21)11-7-10(20(22)23)3-4-14(11)19/h3-4,7,12-13,15H,5-6,8-9H2,1-2H3/t12?,13?,15-,16?,17?,21?/m1/s1. The molecule has 0 spiro atoms. The number of hydroxylamine groups is 1. The molecule has 148 valence electrons. The molecule has 7 nitrogen and oxygen atoms in total. The Balaban J connectivity index is 1.58. The number of rotatable bonds is 5. The van der Waals surface area contributed by atoms with Crippen LogP contribution in [0.15, 0.2) is 18.2 Å². The SMILES string of the molecule is CC12CCC(C(Br)C1)C2(C)CS(=O)(=O)N1O[C@@H]1c1cc([N+](=O)[O-])ccc1Cl. The Labute approximate surface area is 171 Å². The second-order valence-corrected chi connectivity index (χ2v) is 11.7. The number of sulfonamides is 1. The predicted octanol–water partition coefficient (Wildman–Crippen LogP) is 4.41. The average Bonchev–Trinajstić information content (AvgIpc) is 3.28. The molecule has 2 aliphatic carbocycles. The van der Waals surface area contributed by atoms with Crippen LogP contribution in [0.3, 0.4) is 0 Å². The summed E-state index contributed by atoms with van der Waals surface area (Å²) in [5.41, 5.74) is -0.243. The lowest BCUT2D eigenvalue weighted by Crippen LogP contribution is -2.39. The van der Waals surface area contributed by atoms with Gasteiger partial charge in [0.15, 0.2) is 6.23 Å². The Kier molecular flexibility index (Phi) is 4.44. The van der Waals surface area contributed by atoms with Crippen LogP contribution in [-0.4, -0.2) is 28.4 Å². The number of hydrogen-bond donors (Lipinski definition) is 0. The highest BCUT2D eigenvalue weighted by Crippen LogP contribution is 2.68. The number of alkyl halides is 1. The molecule has 2 saturated carbocycles. The van der Waals surface area contributed by atoms with Crippen LogP contribution < -0.4 is 0 Å². The summed E-state index contributed by atoms with van der Waals surface area (Å²) in [5.74, 6) is 0.295. The largest absolute Gasteiger partial charge is 0.269 e. The van der Waals surface area contributed by atoms with Crippen molar-refractivity contribution in [2.45, 2.75) is 44.2 Å². The lowest BCUT2D eigenvalue weighted by atomic mass is 9.71. The molecule has 0 radical (unpaired) electrons. The van der Waals surface area contributed by atoms with Crippen molar-refractivity contribution in [2.24, 2.45) is 16.7 Å². The van der Waals surface area contributed by atoms with E-state index in [9.17, 15) is 18.5 Å². The van der Waals surface area contributed by atoms with Crippen LogP contribution in [0.25, 0.3) is 0 Å². The summed E-state index contributed by atoms with van der Waals surface area (Å²) in [5, 5.41) is 11.2. The van der Waals surface area contributed by atoms with E-state index < -0.39 is 21.2 Å². The molecule has 0 amide bonds. The van der Waals surface area contributed by atoms with Gasteiger partial charge in [-0.25, -0.2) is 8.42 Å². The molecule has 1 aromatic carbocycles. The van der Waals surface area contributed by atoms with E-state index in [4.69, 9.17) is 16.4 Å². The normalized spacial score (nSPS) is 40.3. The number of benzene rings is 1. The molecule has 27 heavy (non-hydrogen) atoms. The van der Waals surface area contributed by atoms with Gasteiger partial charge in [0.1, 0.15) is 0 Å². The van der Waals surface area contributed by atoms with Gasteiger partial charge in [-0.3, -0.25) is 15.0 Å². The average molecular weight is 480 g/mol. The van der Waals surface area contributed by atoms with E-state index in [1.165, 1.54) is 18.2 Å². The van der Waals surface area contributed by atoms with Crippen molar-refractivity contribution in [1.29, 1.82) is 0 Å². The van der Waals surface area contributed by atoms with Gasteiger partial charge in [0.2, 0.25) is 10.0 Å². The summed E-state index contributed by atoms with van der Waals surface area (Å²) in [6.45, 7) is 4.23. The zero-order chi connectivity index (χ0) is 19.8. The van der Waals surface area contributed by atoms with Gasteiger partial charge in [-0.05, 0) is 46.5 Å². The molecule has 5 unspecified atom stereocenters. The molecular weight excluding hydrogens is 460 g/mol. The van der Waals surface area contributed by atoms with Crippen LogP contribution in [0.1, 0.15) is 44.9 Å². The highest BCUT2D eigenvalue weighted by molar-refractivity contribution is 9.09. The molecule has 10 heteroatoms. The maximum atomic E-state index is 13.0. The lowest BCUT2D eigenvalue weighted by molar-refractivity contribution is -0.384. The van der Waals surface area contributed by atoms with Crippen molar-refractivity contribution in [3.63, 3.8) is 0 Å². The summed E-state index contributed by atoms with van der Waals surface area (Å²) < 4.78 is 27.0. The first kappa shape index (κ1) is 19.6. The van der Waals surface area contributed by atoms with E-state index in [0.717, 1.165) is 23.7 Å². The zero-order valence-corrected chi connectivity index (χ0v) is 18.1. The van der Waals surface area contributed by atoms with E-state index in [2.05, 4.69) is 29.8 Å². The fourth-order valence-corrected chi connectivity index (χ4v) is 8.86. The number of nitrogens with zero attached hydrogens (tertiary/aromatic N) is 2. The van der Waals surface area contributed by atoms with Crippen LogP contribution in [0.5, 0.6) is 0 Å². The summed E-state index contributed by atoms with van der Waals surface area (Å²) in [6, 6.07) is 3.93. The van der Waals surface area contributed by atoms with Crippen molar-refractivity contribution < 1.29 is 18.2 Å². The lowest BCUT2D eigenvalue weighted by Gasteiger charge is -2.37. The number of nitro benzene ring substituents is 1. The third-order valence-electron chi connectivity index (χ3n) is 6.85. The first-order chi connectivity index (χ1) is 12.5. The maximum absolute atomic E-state index is 13.0. The molecular formula is C17H20BrClN2O5S. The topological polar surface area (TPSA) is 92.8 Å². The third kappa shape index (κ3) is 2.93. The first-order valence-corrected chi connectivity index (χ1v) is 11.7. The van der Waals surface area contributed by atoms with Gasteiger partial charge in [-0.2, -0.15) is 0 Å². The molecule has 2 bridgehead atoms. The highest BCUT2D eigenvalue weighted by Gasteiger charge is 2.65. The third-order valence-corrected chi connectivity index (χ3v) is 9.95. The van der Waals surface area contributed by atoms with E-state index >= 15 is 0 Å². The molecule has 0 aromatic heterocycles. The summed E-state index contributed by atoms with van der Waals surface area (Å²) in [6.07, 6.45) is 2.09. The molecule has 6 atom stereocenters. The fourth-order valence-electron chi connectivity index (χ4n) is 5.02. The van der Waals surface area contributed by atoms with Crippen LogP contribution in [0.2, 0.25) is 5.02 Å². The highest BCUT2D eigenvalue weighted by atomic mass is 79.9. The second kappa shape index (κ2) is 6.13. The van der Waals surface area contributed by atoms with Gasteiger partial charge in [0.05, 0.1) is 10.7 Å². The van der Waals surface area contributed by atoms with E-state index in [0.29, 0.717) is 16.3 Å². The zero-order valence-electron chi connectivity index (χ0n) is 14.9. The summed E-state index contributed by atoms with van der Waals surface area (Å²) >= 11 is 9.84. The number of non-ortho nitro benzene ring substituents is 1. The Morgan fingerprint density at radius 1 is 1.44 bits per heavy atom. The van der Waals surface area contributed by atoms with Gasteiger partial charge in [-0.15, -0.1) is 0 Å². The Morgan fingerprint density at radius 2 is 2.15 bits per heavy atom. The maximum Gasteiger partial charge on any atom is 0.269 e. The molecule has 1 heterocycles. The van der Waals surface area contributed by atoms with E-state index in [1.54, 1.807) is 0 Å². The van der Waals surface area contributed by atoms with Crippen molar-refractivity contribution in [1.82, 2.24) is 4.47 Å². The van der Waals surface area contributed by atoms with Crippen LogP contribution in [0, 0.1) is 26.9 Å².